The van der Waals surface area contributed by atoms with Crippen LogP contribution in [0.2, 0.25) is 0 Å². The third-order valence-electron chi connectivity index (χ3n) is 3.93. The lowest BCUT2D eigenvalue weighted by molar-refractivity contribution is 0.0988. The van der Waals surface area contributed by atoms with Crippen molar-refractivity contribution >= 4 is 11.5 Å². The summed E-state index contributed by atoms with van der Waals surface area (Å²) < 4.78 is 0. The summed E-state index contributed by atoms with van der Waals surface area (Å²) in [6.45, 7) is 5.23. The Labute approximate surface area is 110 Å². The number of rotatable bonds is 7. The van der Waals surface area contributed by atoms with E-state index in [4.69, 9.17) is 0 Å². The molecule has 2 heteroatoms. The Kier molecular flexibility index (Phi) is 4.05. The second-order valence-electron chi connectivity index (χ2n) is 5.46. The van der Waals surface area contributed by atoms with Gasteiger partial charge in [-0.05, 0) is 48.9 Å². The van der Waals surface area contributed by atoms with Crippen molar-refractivity contribution in [1.82, 2.24) is 0 Å². The molecule has 98 valence electrons. The Morgan fingerprint density at radius 2 is 1.89 bits per heavy atom. The van der Waals surface area contributed by atoms with Crippen molar-refractivity contribution in [1.29, 1.82) is 0 Å². The summed E-state index contributed by atoms with van der Waals surface area (Å²) in [6.07, 6.45) is 5.89. The molecule has 1 fully saturated rings. The lowest BCUT2D eigenvalue weighted by atomic mass is 10.0. The molecule has 2 rings (SSSR count). The van der Waals surface area contributed by atoms with Crippen LogP contribution in [0, 0.1) is 5.41 Å². The predicted molar refractivity (Wildman–Crippen MR) is 76.1 cm³/mol. The first-order chi connectivity index (χ1) is 8.69. The van der Waals surface area contributed by atoms with E-state index >= 15 is 0 Å². The van der Waals surface area contributed by atoms with E-state index in [1.54, 1.807) is 0 Å². The molecule has 1 N–H and O–H groups in total. The summed E-state index contributed by atoms with van der Waals surface area (Å²) in [7, 11) is 0. The van der Waals surface area contributed by atoms with Crippen LogP contribution in [-0.2, 0) is 0 Å². The van der Waals surface area contributed by atoms with Gasteiger partial charge in [-0.2, -0.15) is 0 Å². The minimum absolute atomic E-state index is 0.214. The van der Waals surface area contributed by atoms with Crippen LogP contribution >= 0.6 is 0 Å². The van der Waals surface area contributed by atoms with Crippen molar-refractivity contribution in [3.8, 4) is 0 Å². The highest BCUT2D eigenvalue weighted by atomic mass is 16.1. The van der Waals surface area contributed by atoms with E-state index in [9.17, 15) is 4.79 Å². The van der Waals surface area contributed by atoms with Crippen LogP contribution in [0.1, 0.15) is 56.3 Å². The largest absolute Gasteiger partial charge is 0.384 e. The fraction of sp³-hybridized carbons (Fsp3) is 0.562. The van der Waals surface area contributed by atoms with E-state index in [1.807, 2.05) is 31.2 Å². The molecule has 1 aliphatic rings. The van der Waals surface area contributed by atoms with Crippen LogP contribution in [0.15, 0.2) is 24.3 Å². The Bertz CT molecular complexity index is 404. The number of nitrogens with one attached hydrogen (secondary N) is 1. The number of hydrogen-bond acceptors (Lipinski definition) is 2. The van der Waals surface area contributed by atoms with Gasteiger partial charge in [-0.3, -0.25) is 4.79 Å². The Morgan fingerprint density at radius 3 is 2.39 bits per heavy atom. The second kappa shape index (κ2) is 5.55. The van der Waals surface area contributed by atoms with Gasteiger partial charge in [0.25, 0.3) is 0 Å². The summed E-state index contributed by atoms with van der Waals surface area (Å²) in [5.41, 5.74) is 2.51. The highest BCUT2D eigenvalue weighted by Crippen LogP contribution is 2.49. The number of ketones is 1. The zero-order chi connectivity index (χ0) is 13.0. The van der Waals surface area contributed by atoms with Gasteiger partial charge in [0.1, 0.15) is 0 Å². The molecule has 1 saturated carbocycles. The highest BCUT2D eigenvalue weighted by Gasteiger charge is 2.40. The summed E-state index contributed by atoms with van der Waals surface area (Å²) >= 11 is 0. The number of benzene rings is 1. The molecule has 0 unspecified atom stereocenters. The topological polar surface area (TPSA) is 29.1 Å². The minimum atomic E-state index is 0.214. The number of anilines is 1. The third kappa shape index (κ3) is 3.12. The fourth-order valence-corrected chi connectivity index (χ4v) is 2.49. The molecule has 0 saturated heterocycles. The number of carbonyl (C=O) groups is 1. The molecule has 0 aromatic heterocycles. The zero-order valence-electron chi connectivity index (χ0n) is 11.5. The molecule has 1 aliphatic carbocycles. The van der Waals surface area contributed by atoms with Crippen LogP contribution in [-0.4, -0.2) is 12.3 Å². The average molecular weight is 245 g/mol. The van der Waals surface area contributed by atoms with E-state index < -0.39 is 0 Å². The van der Waals surface area contributed by atoms with Gasteiger partial charge in [0.15, 0.2) is 5.78 Å². The van der Waals surface area contributed by atoms with Gasteiger partial charge in [0, 0.05) is 24.2 Å². The normalized spacial score (nSPS) is 16.3. The molecule has 1 aromatic rings. The van der Waals surface area contributed by atoms with Gasteiger partial charge in [-0.15, -0.1) is 0 Å². The molecular weight excluding hydrogens is 222 g/mol. The molecule has 0 amide bonds. The number of Topliss-reactive ketones (excluding diaryl/α,β-unsaturated/α-hetero) is 1. The molecule has 0 radical (unpaired) electrons. The van der Waals surface area contributed by atoms with E-state index in [0.717, 1.165) is 17.8 Å². The van der Waals surface area contributed by atoms with Gasteiger partial charge < -0.3 is 5.32 Å². The fourth-order valence-electron chi connectivity index (χ4n) is 2.49. The average Bonchev–Trinajstić information content (AvgIpc) is 3.17. The van der Waals surface area contributed by atoms with E-state index in [-0.39, 0.29) is 5.78 Å². The van der Waals surface area contributed by atoms with E-state index in [1.165, 1.54) is 25.7 Å². The lowest BCUT2D eigenvalue weighted by Gasteiger charge is -2.16. The van der Waals surface area contributed by atoms with Crippen molar-refractivity contribution in [2.45, 2.75) is 46.0 Å². The van der Waals surface area contributed by atoms with Crippen LogP contribution in [0.3, 0.4) is 0 Å². The van der Waals surface area contributed by atoms with Crippen LogP contribution in [0.25, 0.3) is 0 Å². The Morgan fingerprint density at radius 1 is 1.22 bits per heavy atom. The molecule has 1 aromatic carbocycles. The highest BCUT2D eigenvalue weighted by molar-refractivity contribution is 5.96. The van der Waals surface area contributed by atoms with Crippen molar-refractivity contribution in [2.24, 2.45) is 5.41 Å². The first-order valence-electron chi connectivity index (χ1n) is 7.06. The van der Waals surface area contributed by atoms with E-state index in [2.05, 4.69) is 12.2 Å². The summed E-state index contributed by atoms with van der Waals surface area (Å²) in [6, 6.07) is 7.89. The van der Waals surface area contributed by atoms with Crippen molar-refractivity contribution in [3.05, 3.63) is 29.8 Å². The molecular formula is C16H23NO. The first-order valence-corrected chi connectivity index (χ1v) is 7.06. The summed E-state index contributed by atoms with van der Waals surface area (Å²) in [5, 5.41) is 3.51. The Hall–Kier alpha value is -1.31. The molecule has 0 spiro atoms. The second-order valence-corrected chi connectivity index (χ2v) is 5.46. The monoisotopic (exact) mass is 245 g/mol. The number of carbonyl (C=O) groups excluding carboxylic acids is 1. The molecule has 0 heterocycles. The van der Waals surface area contributed by atoms with Crippen molar-refractivity contribution in [2.75, 3.05) is 11.9 Å². The maximum Gasteiger partial charge on any atom is 0.162 e. The predicted octanol–water partition coefficient (Wildman–Crippen LogP) is 4.27. The quantitative estimate of drug-likeness (QED) is 0.727. The third-order valence-corrected chi connectivity index (χ3v) is 3.93. The smallest absolute Gasteiger partial charge is 0.162 e. The van der Waals surface area contributed by atoms with Crippen molar-refractivity contribution in [3.63, 3.8) is 0 Å². The standard InChI is InChI=1S/C16H23NO/c1-3-9-16(10-11-16)12-17-14-7-5-13(6-8-14)15(18)4-2/h5-8,17H,3-4,9-12H2,1-2H3. The Balaban J connectivity index is 1.89. The molecule has 0 bridgehead atoms. The zero-order valence-corrected chi connectivity index (χ0v) is 11.5. The maximum atomic E-state index is 11.5. The number of hydrogen-bond donors (Lipinski definition) is 1. The lowest BCUT2D eigenvalue weighted by Crippen LogP contribution is -2.15. The van der Waals surface area contributed by atoms with Gasteiger partial charge in [-0.25, -0.2) is 0 Å². The molecule has 18 heavy (non-hydrogen) atoms. The summed E-state index contributed by atoms with van der Waals surface area (Å²) in [5.74, 6) is 0.214. The molecule has 2 nitrogen and oxygen atoms in total. The van der Waals surface area contributed by atoms with Gasteiger partial charge in [0.05, 0.1) is 0 Å². The minimum Gasteiger partial charge on any atom is -0.384 e. The molecule has 0 atom stereocenters. The summed E-state index contributed by atoms with van der Waals surface area (Å²) in [4.78, 5) is 11.5. The maximum absolute atomic E-state index is 11.5. The first kappa shape index (κ1) is 13.1. The van der Waals surface area contributed by atoms with Crippen LogP contribution in [0.5, 0.6) is 0 Å². The van der Waals surface area contributed by atoms with Gasteiger partial charge >= 0.3 is 0 Å². The van der Waals surface area contributed by atoms with Crippen molar-refractivity contribution < 1.29 is 4.79 Å². The van der Waals surface area contributed by atoms with Crippen LogP contribution < -0.4 is 5.32 Å². The van der Waals surface area contributed by atoms with Gasteiger partial charge in [0.2, 0.25) is 0 Å². The van der Waals surface area contributed by atoms with Crippen LogP contribution in [0.4, 0.5) is 5.69 Å². The SMILES string of the molecule is CCCC1(CNc2ccc(C(=O)CC)cc2)CC1. The van der Waals surface area contributed by atoms with E-state index in [0.29, 0.717) is 11.8 Å². The van der Waals surface area contributed by atoms with Gasteiger partial charge in [-0.1, -0.05) is 20.3 Å². The molecule has 0 aliphatic heterocycles.